The summed E-state index contributed by atoms with van der Waals surface area (Å²) in [5.74, 6) is 0.144. The van der Waals surface area contributed by atoms with Crippen molar-refractivity contribution in [1.29, 1.82) is 0 Å². The van der Waals surface area contributed by atoms with Crippen LogP contribution in [0.3, 0.4) is 0 Å². The molecule has 0 aliphatic carbocycles. The van der Waals surface area contributed by atoms with Gasteiger partial charge < -0.3 is 9.72 Å². The molecular formula is C32H29FN6O. The van der Waals surface area contributed by atoms with Crippen LogP contribution in [0.25, 0.3) is 55.6 Å². The summed E-state index contributed by atoms with van der Waals surface area (Å²) in [5.41, 5.74) is 8.22. The minimum absolute atomic E-state index is 0.338. The van der Waals surface area contributed by atoms with Gasteiger partial charge in [-0.05, 0) is 79.0 Å². The van der Waals surface area contributed by atoms with Gasteiger partial charge >= 0.3 is 0 Å². The van der Waals surface area contributed by atoms with Crippen molar-refractivity contribution in [3.8, 4) is 39.4 Å². The van der Waals surface area contributed by atoms with Crippen molar-refractivity contribution >= 4 is 21.9 Å². The predicted molar refractivity (Wildman–Crippen MR) is 155 cm³/mol. The molecule has 0 atom stereocenters. The molecule has 0 saturated carbocycles. The zero-order chi connectivity index (χ0) is 27.1. The Kier molecular flexibility index (Phi) is 6.24. The second kappa shape index (κ2) is 10.2. The number of rotatable bonds is 6. The van der Waals surface area contributed by atoms with Crippen LogP contribution in [0.15, 0.2) is 73.2 Å². The Bertz CT molecular complexity index is 1830. The smallest absolute Gasteiger partial charge is 0.181 e. The number of aromatic nitrogens is 5. The van der Waals surface area contributed by atoms with Crippen LogP contribution in [0.5, 0.6) is 5.75 Å². The summed E-state index contributed by atoms with van der Waals surface area (Å²) < 4.78 is 19.6. The van der Waals surface area contributed by atoms with Crippen LogP contribution in [0.2, 0.25) is 0 Å². The molecule has 0 spiro atoms. The van der Waals surface area contributed by atoms with Crippen LogP contribution >= 0.6 is 0 Å². The SMILES string of the molecule is COc1cc(F)cc(-c2cccc3[nH]c(-c4[nH]nc5ncc(-c6cncc(CN7CCCCC7)c6)cc45)cc23)c1. The molecule has 1 fully saturated rings. The van der Waals surface area contributed by atoms with Gasteiger partial charge in [0.05, 0.1) is 18.5 Å². The number of nitrogens with one attached hydrogen (secondary N) is 2. The third kappa shape index (κ3) is 4.60. The van der Waals surface area contributed by atoms with Crippen molar-refractivity contribution in [2.24, 2.45) is 0 Å². The lowest BCUT2D eigenvalue weighted by Gasteiger charge is -2.26. The van der Waals surface area contributed by atoms with E-state index in [4.69, 9.17) is 4.74 Å². The van der Waals surface area contributed by atoms with Crippen LogP contribution in [-0.4, -0.2) is 50.2 Å². The molecule has 0 radical (unpaired) electrons. The van der Waals surface area contributed by atoms with Gasteiger partial charge in [-0.2, -0.15) is 5.10 Å². The Labute approximate surface area is 231 Å². The van der Waals surface area contributed by atoms with Crippen molar-refractivity contribution in [3.63, 3.8) is 0 Å². The number of likely N-dealkylation sites (tertiary alicyclic amines) is 1. The Morgan fingerprint density at radius 3 is 2.65 bits per heavy atom. The van der Waals surface area contributed by atoms with Gasteiger partial charge in [-0.15, -0.1) is 0 Å². The quantitative estimate of drug-likeness (QED) is 0.242. The maximum atomic E-state index is 14.3. The van der Waals surface area contributed by atoms with E-state index in [9.17, 15) is 4.39 Å². The van der Waals surface area contributed by atoms with Gasteiger partial charge in [0.1, 0.15) is 11.6 Å². The van der Waals surface area contributed by atoms with E-state index in [0.717, 1.165) is 69.6 Å². The van der Waals surface area contributed by atoms with Gasteiger partial charge in [0.15, 0.2) is 5.65 Å². The zero-order valence-electron chi connectivity index (χ0n) is 22.2. The fourth-order valence-corrected chi connectivity index (χ4v) is 5.75. The highest BCUT2D eigenvalue weighted by molar-refractivity contribution is 6.01. The number of fused-ring (bicyclic) bond motifs is 2. The molecule has 7 rings (SSSR count). The monoisotopic (exact) mass is 532 g/mol. The third-order valence-electron chi connectivity index (χ3n) is 7.74. The van der Waals surface area contributed by atoms with E-state index < -0.39 is 0 Å². The molecule has 200 valence electrons. The number of nitrogens with zero attached hydrogens (tertiary/aromatic N) is 4. The normalized spacial score (nSPS) is 14.2. The fraction of sp³-hybridized carbons (Fsp3) is 0.219. The highest BCUT2D eigenvalue weighted by atomic mass is 19.1. The molecule has 0 bridgehead atoms. The zero-order valence-corrected chi connectivity index (χ0v) is 22.2. The lowest BCUT2D eigenvalue weighted by molar-refractivity contribution is 0.220. The highest BCUT2D eigenvalue weighted by Gasteiger charge is 2.16. The summed E-state index contributed by atoms with van der Waals surface area (Å²) in [6.07, 6.45) is 9.57. The molecule has 2 aromatic carbocycles. The second-order valence-electron chi connectivity index (χ2n) is 10.4. The standard InChI is InChI=1S/C32H29FN6O/c1-40-25-12-21(11-24(33)14-25)26-6-5-7-29-27(26)15-30(36-29)31-28-13-23(18-35-32(28)38-37-31)22-10-20(16-34-17-22)19-39-8-3-2-4-9-39/h5-7,10-18,36H,2-4,8-9,19H2,1H3,(H,35,37,38). The van der Waals surface area contributed by atoms with Gasteiger partial charge in [-0.1, -0.05) is 18.6 Å². The molecule has 40 heavy (non-hydrogen) atoms. The average Bonchev–Trinajstić information content (AvgIpc) is 3.61. The predicted octanol–water partition coefficient (Wildman–Crippen LogP) is 6.97. The topological polar surface area (TPSA) is 82.7 Å². The Balaban J connectivity index is 1.26. The summed E-state index contributed by atoms with van der Waals surface area (Å²) in [6.45, 7) is 3.21. The number of aromatic amines is 2. The summed E-state index contributed by atoms with van der Waals surface area (Å²) in [5, 5.41) is 9.54. The van der Waals surface area contributed by atoms with E-state index in [-0.39, 0.29) is 5.82 Å². The molecule has 8 heteroatoms. The van der Waals surface area contributed by atoms with Gasteiger partial charge in [-0.25, -0.2) is 9.37 Å². The minimum Gasteiger partial charge on any atom is -0.497 e. The molecule has 1 aliphatic heterocycles. The number of ether oxygens (including phenoxy) is 1. The summed E-state index contributed by atoms with van der Waals surface area (Å²) in [7, 11) is 1.54. The number of piperidine rings is 1. The number of hydrogen-bond acceptors (Lipinski definition) is 5. The molecule has 1 aliphatic rings. The number of pyridine rings is 2. The van der Waals surface area contributed by atoms with Gasteiger partial charge in [0.2, 0.25) is 0 Å². The number of H-pyrrole nitrogens is 2. The second-order valence-corrected chi connectivity index (χ2v) is 10.4. The molecule has 2 N–H and O–H groups in total. The minimum atomic E-state index is -0.338. The molecule has 0 amide bonds. The van der Waals surface area contributed by atoms with Crippen LogP contribution in [-0.2, 0) is 6.54 Å². The van der Waals surface area contributed by atoms with E-state index in [1.165, 1.54) is 37.0 Å². The van der Waals surface area contributed by atoms with Gasteiger partial charge in [0.25, 0.3) is 0 Å². The van der Waals surface area contributed by atoms with Crippen LogP contribution in [0.4, 0.5) is 4.39 Å². The molecular weight excluding hydrogens is 503 g/mol. The van der Waals surface area contributed by atoms with Crippen molar-refractivity contribution in [2.45, 2.75) is 25.8 Å². The highest BCUT2D eigenvalue weighted by Crippen LogP contribution is 2.36. The molecule has 4 aromatic heterocycles. The summed E-state index contributed by atoms with van der Waals surface area (Å²) in [4.78, 5) is 15.2. The Hall–Kier alpha value is -4.56. The van der Waals surface area contributed by atoms with E-state index in [1.54, 1.807) is 7.11 Å². The fourth-order valence-electron chi connectivity index (χ4n) is 5.75. The van der Waals surface area contributed by atoms with Gasteiger partial charge in [-0.3, -0.25) is 15.0 Å². The molecule has 6 aromatic rings. The molecule has 0 unspecified atom stereocenters. The van der Waals surface area contributed by atoms with E-state index in [2.05, 4.69) is 48.2 Å². The maximum absolute atomic E-state index is 14.3. The van der Waals surface area contributed by atoms with Gasteiger partial charge in [0, 0.05) is 58.6 Å². The lowest BCUT2D eigenvalue weighted by Crippen LogP contribution is -2.29. The first-order chi connectivity index (χ1) is 19.6. The number of halogens is 1. The summed E-state index contributed by atoms with van der Waals surface area (Å²) >= 11 is 0. The van der Waals surface area contributed by atoms with Crippen molar-refractivity contribution in [3.05, 3.63) is 84.6 Å². The van der Waals surface area contributed by atoms with Crippen LogP contribution in [0, 0.1) is 5.82 Å². The first-order valence-electron chi connectivity index (χ1n) is 13.6. The molecule has 5 heterocycles. The van der Waals surface area contributed by atoms with Crippen molar-refractivity contribution in [2.75, 3.05) is 20.2 Å². The van der Waals surface area contributed by atoms with Crippen molar-refractivity contribution in [1.82, 2.24) is 30.0 Å². The molecule has 1 saturated heterocycles. The average molecular weight is 533 g/mol. The number of methoxy groups -OCH3 is 1. The third-order valence-corrected chi connectivity index (χ3v) is 7.74. The Morgan fingerprint density at radius 2 is 1.77 bits per heavy atom. The van der Waals surface area contributed by atoms with E-state index in [1.807, 2.05) is 42.9 Å². The first kappa shape index (κ1) is 24.5. The molecule has 7 nitrogen and oxygen atoms in total. The largest absolute Gasteiger partial charge is 0.497 e. The summed E-state index contributed by atoms with van der Waals surface area (Å²) in [6, 6.07) is 17.1. The van der Waals surface area contributed by atoms with E-state index in [0.29, 0.717) is 11.4 Å². The number of benzene rings is 2. The van der Waals surface area contributed by atoms with E-state index >= 15 is 0 Å². The first-order valence-corrected chi connectivity index (χ1v) is 13.6. The lowest BCUT2D eigenvalue weighted by atomic mass is 10.0. The number of hydrogen-bond donors (Lipinski definition) is 2. The van der Waals surface area contributed by atoms with Crippen LogP contribution < -0.4 is 4.74 Å². The van der Waals surface area contributed by atoms with Crippen molar-refractivity contribution < 1.29 is 9.13 Å². The Morgan fingerprint density at radius 1 is 0.900 bits per heavy atom. The maximum Gasteiger partial charge on any atom is 0.181 e. The van der Waals surface area contributed by atoms with Crippen LogP contribution in [0.1, 0.15) is 24.8 Å².